The molecule has 2 aliphatic rings. The zero-order chi connectivity index (χ0) is 16.9. The Bertz CT molecular complexity index is 572. The maximum atomic E-state index is 12.7. The molecule has 2 saturated heterocycles. The Morgan fingerprint density at radius 3 is 2.58 bits per heavy atom. The first kappa shape index (κ1) is 16.7. The van der Waals surface area contributed by atoms with Crippen molar-refractivity contribution in [2.24, 2.45) is 11.7 Å². The molecule has 0 aliphatic carbocycles. The average Bonchev–Trinajstić information content (AvgIpc) is 2.63. The molecule has 3 rings (SSSR count). The minimum atomic E-state index is -0.423. The fraction of sp³-hybridized carbons (Fsp3) is 0.588. The number of hydrogen-bond donors (Lipinski definition) is 1. The number of piperidine rings is 1. The molecule has 130 valence electrons. The molecule has 7 nitrogen and oxygen atoms in total. The molecule has 0 unspecified atom stereocenters. The predicted octanol–water partition coefficient (Wildman–Crippen LogP) is 0.517. The molecule has 0 spiro atoms. The Balaban J connectivity index is 1.49. The van der Waals surface area contributed by atoms with Crippen molar-refractivity contribution in [3.8, 4) is 0 Å². The third kappa shape index (κ3) is 4.03. The molecule has 2 aliphatic heterocycles. The van der Waals surface area contributed by atoms with Crippen LogP contribution in [-0.4, -0.2) is 70.9 Å². The van der Waals surface area contributed by atoms with Crippen molar-refractivity contribution in [1.29, 1.82) is 0 Å². The molecule has 1 atom stereocenters. The normalized spacial score (nSPS) is 22.4. The van der Waals surface area contributed by atoms with Crippen LogP contribution in [0.5, 0.6) is 0 Å². The average molecular weight is 331 g/mol. The fourth-order valence-electron chi connectivity index (χ4n) is 3.48. The number of carbonyl (C=O) groups is 2. The molecule has 3 heterocycles. The van der Waals surface area contributed by atoms with Crippen LogP contribution in [0.1, 0.15) is 18.5 Å². The molecule has 24 heavy (non-hydrogen) atoms. The Kier molecular flexibility index (Phi) is 5.30. The highest BCUT2D eigenvalue weighted by molar-refractivity contribution is 5.80. The van der Waals surface area contributed by atoms with Crippen LogP contribution >= 0.6 is 0 Å². The van der Waals surface area contributed by atoms with E-state index in [9.17, 15) is 9.59 Å². The summed E-state index contributed by atoms with van der Waals surface area (Å²) in [7, 11) is 0. The number of hydrogen-bond acceptors (Lipinski definition) is 4. The highest BCUT2D eigenvalue weighted by Crippen LogP contribution is 2.20. The van der Waals surface area contributed by atoms with Crippen molar-refractivity contribution >= 4 is 11.9 Å². The van der Waals surface area contributed by atoms with Crippen molar-refractivity contribution in [1.82, 2.24) is 19.7 Å². The van der Waals surface area contributed by atoms with Crippen LogP contribution in [0.3, 0.4) is 0 Å². The zero-order valence-corrected chi connectivity index (χ0v) is 13.9. The van der Waals surface area contributed by atoms with Crippen LogP contribution in [0.2, 0.25) is 0 Å². The van der Waals surface area contributed by atoms with Crippen LogP contribution in [0.4, 0.5) is 4.79 Å². The summed E-state index contributed by atoms with van der Waals surface area (Å²) in [6, 6.07) is 5.51. The number of carbonyl (C=O) groups excluding carboxylic acids is 2. The Morgan fingerprint density at radius 2 is 1.92 bits per heavy atom. The molecule has 2 fully saturated rings. The molecule has 0 radical (unpaired) electrons. The van der Waals surface area contributed by atoms with Gasteiger partial charge in [0.05, 0.1) is 11.6 Å². The smallest absolute Gasteiger partial charge is 0.314 e. The van der Waals surface area contributed by atoms with Gasteiger partial charge >= 0.3 is 6.03 Å². The van der Waals surface area contributed by atoms with Crippen LogP contribution in [0.15, 0.2) is 24.4 Å². The molecule has 0 aromatic carbocycles. The summed E-state index contributed by atoms with van der Waals surface area (Å²) in [4.78, 5) is 34.2. The predicted molar refractivity (Wildman–Crippen MR) is 90.0 cm³/mol. The lowest BCUT2D eigenvalue weighted by atomic mass is 9.96. The molecule has 2 N–H and O–H groups in total. The van der Waals surface area contributed by atoms with Crippen molar-refractivity contribution in [2.75, 3.05) is 39.3 Å². The maximum absolute atomic E-state index is 12.7. The van der Waals surface area contributed by atoms with Gasteiger partial charge in [-0.15, -0.1) is 0 Å². The lowest BCUT2D eigenvalue weighted by Crippen LogP contribution is -2.53. The highest BCUT2D eigenvalue weighted by atomic mass is 16.2. The van der Waals surface area contributed by atoms with E-state index in [4.69, 9.17) is 5.73 Å². The van der Waals surface area contributed by atoms with E-state index in [0.717, 1.165) is 51.3 Å². The van der Waals surface area contributed by atoms with E-state index in [1.807, 2.05) is 29.3 Å². The molecule has 0 bridgehead atoms. The fourth-order valence-corrected chi connectivity index (χ4v) is 3.48. The second-order valence-electron chi connectivity index (χ2n) is 6.55. The van der Waals surface area contributed by atoms with Crippen molar-refractivity contribution in [2.45, 2.75) is 19.4 Å². The summed E-state index contributed by atoms with van der Waals surface area (Å²) in [5, 5.41) is 0. The number of likely N-dealkylation sites (tertiary alicyclic amines) is 1. The second kappa shape index (κ2) is 7.61. The highest BCUT2D eigenvalue weighted by Gasteiger charge is 2.32. The van der Waals surface area contributed by atoms with Gasteiger partial charge in [0, 0.05) is 52.0 Å². The number of rotatable bonds is 3. The van der Waals surface area contributed by atoms with Crippen LogP contribution in [0.25, 0.3) is 0 Å². The molecule has 1 aromatic rings. The van der Waals surface area contributed by atoms with E-state index in [1.165, 1.54) is 0 Å². The first-order valence-corrected chi connectivity index (χ1v) is 8.59. The van der Waals surface area contributed by atoms with Gasteiger partial charge in [0.25, 0.3) is 0 Å². The number of primary amides is 1. The maximum Gasteiger partial charge on any atom is 0.314 e. The number of aromatic nitrogens is 1. The van der Waals surface area contributed by atoms with Gasteiger partial charge in [-0.3, -0.25) is 14.7 Å². The first-order chi connectivity index (χ1) is 11.6. The second-order valence-corrected chi connectivity index (χ2v) is 6.55. The van der Waals surface area contributed by atoms with E-state index in [-0.39, 0.29) is 11.8 Å². The van der Waals surface area contributed by atoms with E-state index >= 15 is 0 Å². The van der Waals surface area contributed by atoms with Crippen LogP contribution in [-0.2, 0) is 11.3 Å². The zero-order valence-electron chi connectivity index (χ0n) is 13.9. The minimum Gasteiger partial charge on any atom is -0.351 e. The van der Waals surface area contributed by atoms with Gasteiger partial charge in [-0.1, -0.05) is 6.07 Å². The number of pyridine rings is 1. The van der Waals surface area contributed by atoms with E-state index in [0.29, 0.717) is 13.1 Å². The van der Waals surface area contributed by atoms with Gasteiger partial charge < -0.3 is 15.5 Å². The van der Waals surface area contributed by atoms with Crippen molar-refractivity contribution in [3.05, 3.63) is 30.1 Å². The summed E-state index contributed by atoms with van der Waals surface area (Å²) in [5.74, 6) is 0.0621. The van der Waals surface area contributed by atoms with E-state index in [2.05, 4.69) is 9.88 Å². The summed E-state index contributed by atoms with van der Waals surface area (Å²) in [5.41, 5.74) is 6.41. The van der Waals surface area contributed by atoms with Crippen LogP contribution in [0, 0.1) is 5.92 Å². The molecular formula is C17H25N5O2. The van der Waals surface area contributed by atoms with Gasteiger partial charge in [0.1, 0.15) is 0 Å². The standard InChI is InChI=1S/C17H25N5O2/c18-17(24)22-7-3-4-14(12-22)16(23)21-10-8-20(9-11-21)13-15-5-1-2-6-19-15/h1-2,5-6,14H,3-4,7-13H2,(H2,18,24)/t14-/m0/s1. The number of amides is 3. The lowest BCUT2D eigenvalue weighted by molar-refractivity contribution is -0.138. The van der Waals surface area contributed by atoms with Crippen LogP contribution < -0.4 is 5.73 Å². The molecule has 1 aromatic heterocycles. The Hall–Kier alpha value is -2.15. The van der Waals surface area contributed by atoms with Gasteiger partial charge in [0.2, 0.25) is 5.91 Å². The molecule has 7 heteroatoms. The number of piperazine rings is 1. The SMILES string of the molecule is NC(=O)N1CCC[C@H](C(=O)N2CCN(Cc3ccccn3)CC2)C1. The quantitative estimate of drug-likeness (QED) is 0.875. The molecular weight excluding hydrogens is 306 g/mol. The number of urea groups is 1. The van der Waals surface area contributed by atoms with Crippen molar-refractivity contribution < 1.29 is 9.59 Å². The molecule has 0 saturated carbocycles. The first-order valence-electron chi connectivity index (χ1n) is 8.59. The molecule has 3 amide bonds. The summed E-state index contributed by atoms with van der Waals surface area (Å²) in [6.45, 7) is 5.13. The Morgan fingerprint density at radius 1 is 1.12 bits per heavy atom. The third-order valence-electron chi connectivity index (χ3n) is 4.88. The number of nitrogens with zero attached hydrogens (tertiary/aromatic N) is 4. The van der Waals surface area contributed by atoms with E-state index < -0.39 is 6.03 Å². The largest absolute Gasteiger partial charge is 0.351 e. The van der Waals surface area contributed by atoms with Gasteiger partial charge in [0.15, 0.2) is 0 Å². The third-order valence-corrected chi connectivity index (χ3v) is 4.88. The van der Waals surface area contributed by atoms with Gasteiger partial charge in [-0.2, -0.15) is 0 Å². The topological polar surface area (TPSA) is 82.8 Å². The van der Waals surface area contributed by atoms with E-state index in [1.54, 1.807) is 4.90 Å². The minimum absolute atomic E-state index is 0.103. The Labute approximate surface area is 142 Å². The van der Waals surface area contributed by atoms with Gasteiger partial charge in [-0.25, -0.2) is 4.79 Å². The lowest BCUT2D eigenvalue weighted by Gasteiger charge is -2.38. The van der Waals surface area contributed by atoms with Crippen molar-refractivity contribution in [3.63, 3.8) is 0 Å². The summed E-state index contributed by atoms with van der Waals surface area (Å²) in [6.07, 6.45) is 3.50. The summed E-state index contributed by atoms with van der Waals surface area (Å²) < 4.78 is 0. The number of nitrogens with two attached hydrogens (primary N) is 1. The monoisotopic (exact) mass is 331 g/mol. The van der Waals surface area contributed by atoms with Gasteiger partial charge in [-0.05, 0) is 25.0 Å². The summed E-state index contributed by atoms with van der Waals surface area (Å²) >= 11 is 0.